The number of carbonyl (C=O) groups is 1. The normalized spacial score (nSPS) is 23.3. The van der Waals surface area contributed by atoms with Gasteiger partial charge in [-0.2, -0.15) is 11.8 Å². The lowest BCUT2D eigenvalue weighted by Crippen LogP contribution is -2.22. The molecule has 3 rings (SSSR count). The molecule has 1 aromatic rings. The summed E-state index contributed by atoms with van der Waals surface area (Å²) in [5, 5.41) is 2.08. The average Bonchev–Trinajstić information content (AvgIpc) is 2.96. The number of esters is 1. The van der Waals surface area contributed by atoms with Crippen LogP contribution in [0.5, 0.6) is 0 Å². The summed E-state index contributed by atoms with van der Waals surface area (Å²) in [6, 6.07) is 2.14. The zero-order chi connectivity index (χ0) is 13.8. The number of carbonyl (C=O) groups excluding carboxylic acids is 1. The van der Waals surface area contributed by atoms with E-state index < -0.39 is 0 Å². The van der Waals surface area contributed by atoms with Crippen LogP contribution in [0.2, 0.25) is 0 Å². The van der Waals surface area contributed by atoms with E-state index in [1.807, 2.05) is 11.8 Å². The number of ether oxygens (including phenoxy) is 2. The maximum atomic E-state index is 12.0. The Morgan fingerprint density at radius 2 is 2.25 bits per heavy atom. The van der Waals surface area contributed by atoms with Gasteiger partial charge in [-0.25, -0.2) is 0 Å². The first-order valence-electron chi connectivity index (χ1n) is 7.24. The van der Waals surface area contributed by atoms with Gasteiger partial charge in [-0.15, -0.1) is 11.3 Å². The molecule has 1 aromatic heterocycles. The highest BCUT2D eigenvalue weighted by Gasteiger charge is 2.25. The second-order valence-electron chi connectivity index (χ2n) is 5.36. The SMILES string of the molecule is O=C(CC1OCCc2ccsc21)OCC1CCSCC1. The van der Waals surface area contributed by atoms with Crippen molar-refractivity contribution >= 4 is 29.1 Å². The molecule has 0 aromatic carbocycles. The first-order chi connectivity index (χ1) is 9.83. The zero-order valence-electron chi connectivity index (χ0n) is 11.5. The van der Waals surface area contributed by atoms with Gasteiger partial charge in [-0.3, -0.25) is 4.79 Å². The van der Waals surface area contributed by atoms with Gasteiger partial charge in [-0.05, 0) is 53.7 Å². The minimum Gasteiger partial charge on any atom is -0.465 e. The predicted octanol–water partition coefficient (Wildman–Crippen LogP) is 3.44. The molecule has 0 saturated carbocycles. The third-order valence-corrected chi connectivity index (χ3v) is 6.04. The fraction of sp³-hybridized carbons (Fsp3) is 0.667. The molecule has 0 amide bonds. The lowest BCUT2D eigenvalue weighted by atomic mass is 10.0. The first-order valence-corrected chi connectivity index (χ1v) is 9.27. The molecule has 3 heterocycles. The van der Waals surface area contributed by atoms with Crippen molar-refractivity contribution in [1.82, 2.24) is 0 Å². The standard InChI is InChI=1S/C15H20O3S2/c16-14(18-10-11-2-6-19-7-3-11)9-13-15-12(1-5-17-13)4-8-20-15/h4,8,11,13H,1-3,5-7,9-10H2. The van der Waals surface area contributed by atoms with Crippen molar-refractivity contribution in [2.75, 3.05) is 24.7 Å². The third-order valence-electron chi connectivity index (χ3n) is 3.94. The lowest BCUT2D eigenvalue weighted by Gasteiger charge is -2.24. The van der Waals surface area contributed by atoms with E-state index in [4.69, 9.17) is 9.47 Å². The van der Waals surface area contributed by atoms with Gasteiger partial charge in [0.05, 0.1) is 19.6 Å². The van der Waals surface area contributed by atoms with Crippen molar-refractivity contribution in [2.45, 2.75) is 31.8 Å². The molecule has 2 aliphatic heterocycles. The van der Waals surface area contributed by atoms with E-state index in [1.165, 1.54) is 34.8 Å². The number of rotatable bonds is 4. The summed E-state index contributed by atoms with van der Waals surface area (Å²) in [5.41, 5.74) is 1.34. The predicted molar refractivity (Wildman–Crippen MR) is 82.3 cm³/mol. The fourth-order valence-corrected chi connectivity index (χ4v) is 4.92. The van der Waals surface area contributed by atoms with Crippen molar-refractivity contribution in [3.05, 3.63) is 21.9 Å². The zero-order valence-corrected chi connectivity index (χ0v) is 13.1. The Bertz CT molecular complexity index is 452. The van der Waals surface area contributed by atoms with Crippen LogP contribution < -0.4 is 0 Å². The van der Waals surface area contributed by atoms with Gasteiger partial charge in [0.25, 0.3) is 0 Å². The second kappa shape index (κ2) is 6.96. The maximum Gasteiger partial charge on any atom is 0.308 e. The van der Waals surface area contributed by atoms with E-state index in [9.17, 15) is 4.79 Å². The Morgan fingerprint density at radius 3 is 3.10 bits per heavy atom. The first kappa shape index (κ1) is 14.4. The number of hydrogen-bond donors (Lipinski definition) is 0. The molecule has 0 bridgehead atoms. The Hall–Kier alpha value is -0.520. The van der Waals surface area contributed by atoms with Gasteiger partial charge in [0, 0.05) is 4.88 Å². The van der Waals surface area contributed by atoms with Gasteiger partial charge in [0.2, 0.25) is 0 Å². The largest absolute Gasteiger partial charge is 0.465 e. The summed E-state index contributed by atoms with van der Waals surface area (Å²) < 4.78 is 11.2. The van der Waals surface area contributed by atoms with Crippen molar-refractivity contribution in [3.8, 4) is 0 Å². The van der Waals surface area contributed by atoms with Crippen LogP contribution in [0.15, 0.2) is 11.4 Å². The van der Waals surface area contributed by atoms with Crippen molar-refractivity contribution < 1.29 is 14.3 Å². The molecule has 110 valence electrons. The molecule has 1 atom stereocenters. The highest BCUT2D eigenvalue weighted by atomic mass is 32.2. The molecular formula is C15H20O3S2. The minimum absolute atomic E-state index is 0.0897. The summed E-state index contributed by atoms with van der Waals surface area (Å²) in [6.45, 7) is 1.30. The van der Waals surface area contributed by atoms with E-state index in [-0.39, 0.29) is 12.1 Å². The molecule has 0 radical (unpaired) electrons. The maximum absolute atomic E-state index is 12.0. The summed E-state index contributed by atoms with van der Waals surface area (Å²) in [4.78, 5) is 13.2. The highest BCUT2D eigenvalue weighted by molar-refractivity contribution is 7.99. The molecule has 1 unspecified atom stereocenters. The average molecular weight is 312 g/mol. The van der Waals surface area contributed by atoms with Crippen LogP contribution in [0.1, 0.15) is 35.8 Å². The van der Waals surface area contributed by atoms with Gasteiger partial charge in [0.1, 0.15) is 6.10 Å². The van der Waals surface area contributed by atoms with Crippen LogP contribution in [0.4, 0.5) is 0 Å². The minimum atomic E-state index is -0.116. The Labute approximate surface area is 128 Å². The van der Waals surface area contributed by atoms with E-state index >= 15 is 0 Å². The molecular weight excluding hydrogens is 292 g/mol. The Kier molecular flexibility index (Phi) is 5.02. The molecule has 3 nitrogen and oxygen atoms in total. The van der Waals surface area contributed by atoms with E-state index in [0.717, 1.165) is 6.42 Å². The number of fused-ring (bicyclic) bond motifs is 1. The summed E-state index contributed by atoms with van der Waals surface area (Å²) in [6.07, 6.45) is 3.58. The van der Waals surface area contributed by atoms with E-state index in [2.05, 4.69) is 11.4 Å². The fourth-order valence-electron chi connectivity index (χ4n) is 2.71. The van der Waals surface area contributed by atoms with Gasteiger partial charge in [0.15, 0.2) is 0 Å². The van der Waals surface area contributed by atoms with E-state index in [1.54, 1.807) is 11.3 Å². The molecule has 20 heavy (non-hydrogen) atoms. The number of hydrogen-bond acceptors (Lipinski definition) is 5. The molecule has 2 aliphatic rings. The molecule has 1 saturated heterocycles. The summed E-state index contributed by atoms with van der Waals surface area (Å²) in [5.74, 6) is 2.85. The molecule has 0 aliphatic carbocycles. The van der Waals surface area contributed by atoms with Crippen LogP contribution in [-0.4, -0.2) is 30.7 Å². The van der Waals surface area contributed by atoms with Crippen molar-refractivity contribution in [3.63, 3.8) is 0 Å². The topological polar surface area (TPSA) is 35.5 Å². The monoisotopic (exact) mass is 312 g/mol. The van der Waals surface area contributed by atoms with E-state index in [0.29, 0.717) is 25.6 Å². The molecule has 5 heteroatoms. The Morgan fingerprint density at radius 1 is 1.40 bits per heavy atom. The van der Waals surface area contributed by atoms with Gasteiger partial charge >= 0.3 is 5.97 Å². The van der Waals surface area contributed by atoms with Crippen LogP contribution in [-0.2, 0) is 20.7 Å². The lowest BCUT2D eigenvalue weighted by molar-refractivity contribution is -0.148. The molecule has 0 spiro atoms. The number of thiophene rings is 1. The summed E-state index contributed by atoms with van der Waals surface area (Å²) in [7, 11) is 0. The third kappa shape index (κ3) is 3.57. The summed E-state index contributed by atoms with van der Waals surface area (Å²) >= 11 is 3.68. The van der Waals surface area contributed by atoms with Gasteiger partial charge in [-0.1, -0.05) is 0 Å². The second-order valence-corrected chi connectivity index (χ2v) is 7.53. The van der Waals surface area contributed by atoms with Crippen LogP contribution in [0, 0.1) is 5.92 Å². The molecule has 0 N–H and O–H groups in total. The number of thioether (sulfide) groups is 1. The highest BCUT2D eigenvalue weighted by Crippen LogP contribution is 2.34. The van der Waals surface area contributed by atoms with Crippen LogP contribution >= 0.6 is 23.1 Å². The quantitative estimate of drug-likeness (QED) is 0.798. The van der Waals surface area contributed by atoms with Crippen LogP contribution in [0.25, 0.3) is 0 Å². The van der Waals surface area contributed by atoms with Gasteiger partial charge < -0.3 is 9.47 Å². The van der Waals surface area contributed by atoms with Crippen molar-refractivity contribution in [1.29, 1.82) is 0 Å². The van der Waals surface area contributed by atoms with Crippen LogP contribution in [0.3, 0.4) is 0 Å². The Balaban J connectivity index is 1.47. The molecule has 1 fully saturated rings. The van der Waals surface area contributed by atoms with Crippen molar-refractivity contribution in [2.24, 2.45) is 5.92 Å². The smallest absolute Gasteiger partial charge is 0.308 e.